The molecule has 0 N–H and O–H groups in total. The fourth-order valence-corrected chi connectivity index (χ4v) is 4.43. The van der Waals surface area contributed by atoms with Crippen molar-refractivity contribution in [1.82, 2.24) is 0 Å². The van der Waals surface area contributed by atoms with Crippen LogP contribution in [0.2, 0.25) is 0 Å². The zero-order valence-corrected chi connectivity index (χ0v) is 20.9. The minimum atomic E-state index is -0.454. The molecule has 4 heteroatoms. The van der Waals surface area contributed by atoms with E-state index in [2.05, 4.69) is 6.92 Å². The molecule has 0 spiro atoms. The van der Waals surface area contributed by atoms with E-state index in [0.717, 1.165) is 25.7 Å². The Balaban J connectivity index is 1.82. The van der Waals surface area contributed by atoms with E-state index in [1.54, 1.807) is 0 Å². The molecule has 0 atom stereocenters. The highest BCUT2D eigenvalue weighted by Crippen LogP contribution is 2.23. The first-order valence-corrected chi connectivity index (χ1v) is 13.7. The molecule has 1 fully saturated rings. The zero-order chi connectivity index (χ0) is 23.1. The van der Waals surface area contributed by atoms with E-state index in [1.165, 1.54) is 115 Å². The third-order valence-electron chi connectivity index (χ3n) is 6.53. The first-order valence-electron chi connectivity index (χ1n) is 13.7. The van der Waals surface area contributed by atoms with Gasteiger partial charge in [0.1, 0.15) is 0 Å². The predicted octanol–water partition coefficient (Wildman–Crippen LogP) is 8.08. The molecule has 0 bridgehead atoms. The number of carbonyl (C=O) groups is 2. The summed E-state index contributed by atoms with van der Waals surface area (Å²) in [6.45, 7) is 3.17. The summed E-state index contributed by atoms with van der Waals surface area (Å²) in [5, 5.41) is 0. The second-order valence-corrected chi connectivity index (χ2v) is 9.58. The minimum Gasteiger partial charge on any atom is -0.463 e. The van der Waals surface area contributed by atoms with Crippen LogP contribution in [0.5, 0.6) is 0 Å². The van der Waals surface area contributed by atoms with Crippen LogP contribution in [0, 0.1) is 5.92 Å². The van der Waals surface area contributed by atoms with Gasteiger partial charge in [-0.3, -0.25) is 0 Å². The van der Waals surface area contributed by atoms with Crippen molar-refractivity contribution in [2.75, 3.05) is 13.2 Å². The number of unbranched alkanes of at least 4 members (excludes halogenated alkanes) is 14. The lowest BCUT2D eigenvalue weighted by Crippen LogP contribution is -2.15. The summed E-state index contributed by atoms with van der Waals surface area (Å²) in [6.07, 6.45) is 28.1. The molecule has 0 aromatic carbocycles. The molecule has 0 heterocycles. The SMILES string of the molecule is CCCCCCCCCCCCCCCCCOC(=O)/C=C/C(=O)OCC1CCCCC1. The Labute approximate surface area is 197 Å². The van der Waals surface area contributed by atoms with Crippen molar-refractivity contribution in [3.8, 4) is 0 Å². The molecule has 0 aromatic rings. The molecule has 0 aliphatic heterocycles. The maximum atomic E-state index is 11.7. The van der Waals surface area contributed by atoms with E-state index in [-0.39, 0.29) is 0 Å². The zero-order valence-electron chi connectivity index (χ0n) is 20.9. The summed E-state index contributed by atoms with van der Waals surface area (Å²) in [6, 6.07) is 0. The number of hydrogen-bond donors (Lipinski definition) is 0. The topological polar surface area (TPSA) is 52.6 Å². The third-order valence-corrected chi connectivity index (χ3v) is 6.53. The van der Waals surface area contributed by atoms with Crippen molar-refractivity contribution in [2.24, 2.45) is 5.92 Å². The Morgan fingerprint density at radius 1 is 0.625 bits per heavy atom. The van der Waals surface area contributed by atoms with Crippen LogP contribution in [0.15, 0.2) is 12.2 Å². The van der Waals surface area contributed by atoms with Crippen LogP contribution >= 0.6 is 0 Å². The van der Waals surface area contributed by atoms with E-state index in [0.29, 0.717) is 19.1 Å². The van der Waals surface area contributed by atoms with Gasteiger partial charge in [0.15, 0.2) is 0 Å². The van der Waals surface area contributed by atoms with Crippen molar-refractivity contribution in [2.45, 2.75) is 135 Å². The average Bonchev–Trinajstić information content (AvgIpc) is 2.81. The van der Waals surface area contributed by atoms with Crippen LogP contribution in [0.4, 0.5) is 0 Å². The molecule has 0 aromatic heterocycles. The van der Waals surface area contributed by atoms with E-state index in [9.17, 15) is 9.59 Å². The second-order valence-electron chi connectivity index (χ2n) is 9.58. The molecule has 4 nitrogen and oxygen atoms in total. The molecule has 1 saturated carbocycles. The molecule has 1 aliphatic carbocycles. The number of carbonyl (C=O) groups excluding carboxylic acids is 2. The highest BCUT2D eigenvalue weighted by atomic mass is 16.5. The quantitative estimate of drug-likeness (QED) is 0.107. The standard InChI is InChI=1S/C28H50O4/c1-2-3-4-5-6-7-8-9-10-11-12-13-14-15-19-24-31-27(29)22-23-28(30)32-25-26-20-17-16-18-21-26/h22-23,26H,2-21,24-25H2,1H3/b23-22+. The summed E-state index contributed by atoms with van der Waals surface area (Å²) >= 11 is 0. The van der Waals surface area contributed by atoms with Gasteiger partial charge >= 0.3 is 11.9 Å². The van der Waals surface area contributed by atoms with Crippen LogP contribution in [0.1, 0.15) is 135 Å². The van der Waals surface area contributed by atoms with E-state index < -0.39 is 11.9 Å². The first kappa shape index (κ1) is 28.7. The monoisotopic (exact) mass is 450 g/mol. The normalized spacial score (nSPS) is 14.7. The van der Waals surface area contributed by atoms with Crippen molar-refractivity contribution < 1.29 is 19.1 Å². The maximum Gasteiger partial charge on any atom is 0.331 e. The average molecular weight is 451 g/mol. The number of hydrogen-bond acceptors (Lipinski definition) is 4. The van der Waals surface area contributed by atoms with Crippen LogP contribution in [0.3, 0.4) is 0 Å². The van der Waals surface area contributed by atoms with E-state index in [4.69, 9.17) is 9.47 Å². The molecule has 1 aliphatic rings. The van der Waals surface area contributed by atoms with Gasteiger partial charge < -0.3 is 9.47 Å². The molecule has 0 radical (unpaired) electrons. The Kier molecular flexibility index (Phi) is 19.3. The summed E-state index contributed by atoms with van der Waals surface area (Å²) in [7, 11) is 0. The molecule has 0 saturated heterocycles. The second kappa shape index (κ2) is 21.5. The molecule has 0 unspecified atom stereocenters. The van der Waals surface area contributed by atoms with Crippen LogP contribution in [-0.4, -0.2) is 25.2 Å². The van der Waals surface area contributed by atoms with Gasteiger partial charge in [0.05, 0.1) is 13.2 Å². The Hall–Kier alpha value is -1.32. The van der Waals surface area contributed by atoms with Crippen molar-refractivity contribution in [3.63, 3.8) is 0 Å². The van der Waals surface area contributed by atoms with Gasteiger partial charge in [-0.15, -0.1) is 0 Å². The fourth-order valence-electron chi connectivity index (χ4n) is 4.43. The number of ether oxygens (including phenoxy) is 2. The van der Waals surface area contributed by atoms with Gasteiger partial charge in [0.25, 0.3) is 0 Å². The van der Waals surface area contributed by atoms with Crippen molar-refractivity contribution in [3.05, 3.63) is 12.2 Å². The predicted molar refractivity (Wildman–Crippen MR) is 133 cm³/mol. The molecule has 0 amide bonds. The minimum absolute atomic E-state index is 0.429. The molecule has 32 heavy (non-hydrogen) atoms. The van der Waals surface area contributed by atoms with Gasteiger partial charge in [-0.25, -0.2) is 9.59 Å². The van der Waals surface area contributed by atoms with E-state index >= 15 is 0 Å². The molecule has 1 rings (SSSR count). The van der Waals surface area contributed by atoms with Crippen LogP contribution in [0.25, 0.3) is 0 Å². The summed E-state index contributed by atoms with van der Waals surface area (Å²) in [4.78, 5) is 23.4. The number of rotatable bonds is 20. The molecule has 186 valence electrons. The number of esters is 2. The molecular formula is C28H50O4. The fraction of sp³-hybridized carbons (Fsp3) is 0.857. The van der Waals surface area contributed by atoms with Gasteiger partial charge in [-0.2, -0.15) is 0 Å². The van der Waals surface area contributed by atoms with Gasteiger partial charge in [-0.05, 0) is 25.2 Å². The summed E-state index contributed by atoms with van der Waals surface area (Å²) in [5.41, 5.74) is 0. The lowest BCUT2D eigenvalue weighted by Gasteiger charge is -2.20. The first-order chi connectivity index (χ1) is 15.7. The van der Waals surface area contributed by atoms with E-state index in [1.807, 2.05) is 0 Å². The Morgan fingerprint density at radius 3 is 1.56 bits per heavy atom. The summed E-state index contributed by atoms with van der Waals surface area (Å²) < 4.78 is 10.4. The van der Waals surface area contributed by atoms with Crippen molar-refractivity contribution >= 4 is 11.9 Å². The highest BCUT2D eigenvalue weighted by Gasteiger charge is 2.14. The Morgan fingerprint density at radius 2 is 1.06 bits per heavy atom. The summed E-state index contributed by atoms with van der Waals surface area (Å²) in [5.74, 6) is -0.414. The highest BCUT2D eigenvalue weighted by molar-refractivity contribution is 5.91. The lowest BCUT2D eigenvalue weighted by atomic mass is 9.90. The van der Waals surface area contributed by atoms with Gasteiger partial charge in [-0.1, -0.05) is 116 Å². The third kappa shape index (κ3) is 18.3. The molecular weight excluding hydrogens is 400 g/mol. The van der Waals surface area contributed by atoms with Crippen molar-refractivity contribution in [1.29, 1.82) is 0 Å². The maximum absolute atomic E-state index is 11.7. The lowest BCUT2D eigenvalue weighted by molar-refractivity contribution is -0.141. The van der Waals surface area contributed by atoms with Gasteiger partial charge in [0, 0.05) is 12.2 Å². The smallest absolute Gasteiger partial charge is 0.331 e. The largest absolute Gasteiger partial charge is 0.463 e. The Bertz CT molecular complexity index is 480. The van der Waals surface area contributed by atoms with Crippen LogP contribution in [-0.2, 0) is 19.1 Å². The van der Waals surface area contributed by atoms with Gasteiger partial charge in [0.2, 0.25) is 0 Å². The van der Waals surface area contributed by atoms with Crippen LogP contribution < -0.4 is 0 Å².